The Hall–Kier alpha value is -1.11. The van der Waals surface area contributed by atoms with Crippen molar-refractivity contribution in [1.82, 2.24) is 4.90 Å². The summed E-state index contributed by atoms with van der Waals surface area (Å²) in [6.45, 7) is 2.69. The summed E-state index contributed by atoms with van der Waals surface area (Å²) in [5, 5.41) is 10.9. The third-order valence-corrected chi connectivity index (χ3v) is 5.27. The van der Waals surface area contributed by atoms with E-state index < -0.39 is 5.60 Å². The van der Waals surface area contributed by atoms with Crippen LogP contribution in [0.4, 0.5) is 5.69 Å². The minimum Gasteiger partial charge on any atom is -0.397 e. The Morgan fingerprint density at radius 1 is 1.55 bits per heavy atom. The monoisotopic (exact) mass is 354 g/mol. The number of amides is 1. The summed E-state index contributed by atoms with van der Waals surface area (Å²) < 4.78 is 1.96. The molecular weight excluding hydrogens is 340 g/mol. The van der Waals surface area contributed by atoms with Crippen LogP contribution in [0.2, 0.25) is 0 Å². The zero-order valence-electron chi connectivity index (χ0n) is 11.0. The molecule has 0 aliphatic carbocycles. The molecule has 1 aromatic carbocycles. The maximum atomic E-state index is 12.5. The Balaban J connectivity index is 1.98. The molecule has 1 fully saturated rings. The lowest BCUT2D eigenvalue weighted by molar-refractivity contribution is 0.0575. The molecule has 1 aliphatic rings. The number of carbonyl (C=O) groups excluding carboxylic acids is 1. The molecule has 4 nitrogen and oxygen atoms in total. The van der Waals surface area contributed by atoms with Crippen molar-refractivity contribution in [3.8, 4) is 0 Å². The minimum atomic E-state index is -0.788. The largest absolute Gasteiger partial charge is 0.397 e. The van der Waals surface area contributed by atoms with E-state index in [1.54, 1.807) is 11.8 Å². The van der Waals surface area contributed by atoms with Gasteiger partial charge in [-0.25, -0.2) is 0 Å². The average Bonchev–Trinajstić information content (AvgIpc) is 2.89. The second-order valence-corrected chi connectivity index (χ2v) is 7.43. The van der Waals surface area contributed by atoms with Gasteiger partial charge < -0.3 is 15.7 Å². The molecule has 3 N–H and O–H groups in total. The third kappa shape index (κ3) is 2.32. The number of nitrogens with zero attached hydrogens (tertiary/aromatic N) is 1. The predicted octanol–water partition coefficient (Wildman–Crippen LogP) is 2.84. The lowest BCUT2D eigenvalue weighted by Crippen LogP contribution is -2.33. The quantitative estimate of drug-likeness (QED) is 0.827. The number of nitrogens with two attached hydrogens (primary N) is 1. The summed E-state index contributed by atoms with van der Waals surface area (Å²) in [6, 6.07) is 5.80. The van der Waals surface area contributed by atoms with Crippen molar-refractivity contribution in [3.63, 3.8) is 0 Å². The normalized spacial score (nSPS) is 22.6. The van der Waals surface area contributed by atoms with Crippen LogP contribution in [-0.4, -0.2) is 34.6 Å². The van der Waals surface area contributed by atoms with Crippen molar-refractivity contribution in [3.05, 3.63) is 27.5 Å². The fraction of sp³-hybridized carbons (Fsp3) is 0.357. The maximum Gasteiger partial charge on any atom is 0.266 e. The number of fused-ring (bicyclic) bond motifs is 1. The standard InChI is InChI=1S/C14H15BrN2O2S/c1-14(19)4-5-17(7-14)13(18)12-11(16)9-3-2-8(15)6-10(9)20-12/h2-3,6,19H,4-5,7,16H2,1H3. The molecule has 0 radical (unpaired) electrons. The van der Waals surface area contributed by atoms with Crippen molar-refractivity contribution < 1.29 is 9.90 Å². The van der Waals surface area contributed by atoms with Gasteiger partial charge in [-0.15, -0.1) is 11.3 Å². The number of rotatable bonds is 1. The molecule has 1 aliphatic heterocycles. The van der Waals surface area contributed by atoms with Gasteiger partial charge in [0.25, 0.3) is 5.91 Å². The zero-order chi connectivity index (χ0) is 14.5. The van der Waals surface area contributed by atoms with Gasteiger partial charge in [-0.1, -0.05) is 22.0 Å². The highest BCUT2D eigenvalue weighted by Gasteiger charge is 2.35. The van der Waals surface area contributed by atoms with Crippen molar-refractivity contribution >= 4 is 48.9 Å². The van der Waals surface area contributed by atoms with Crippen LogP contribution in [0.1, 0.15) is 23.0 Å². The number of anilines is 1. The van der Waals surface area contributed by atoms with Crippen LogP contribution in [0, 0.1) is 0 Å². The van der Waals surface area contributed by atoms with Crippen molar-refractivity contribution in [2.45, 2.75) is 18.9 Å². The molecule has 0 saturated carbocycles. The second-order valence-electron chi connectivity index (χ2n) is 5.46. The first-order chi connectivity index (χ1) is 9.37. The Bertz CT molecular complexity index is 696. The van der Waals surface area contributed by atoms with Crippen LogP contribution in [0.25, 0.3) is 10.1 Å². The lowest BCUT2D eigenvalue weighted by Gasteiger charge is -2.18. The molecule has 1 saturated heterocycles. The Morgan fingerprint density at radius 2 is 2.30 bits per heavy atom. The molecular formula is C14H15BrN2O2S. The molecule has 20 heavy (non-hydrogen) atoms. The van der Waals surface area contributed by atoms with Gasteiger partial charge >= 0.3 is 0 Å². The highest BCUT2D eigenvalue weighted by Crippen LogP contribution is 2.36. The smallest absolute Gasteiger partial charge is 0.266 e. The molecule has 6 heteroatoms. The Kier molecular flexibility index (Phi) is 3.27. The van der Waals surface area contributed by atoms with Crippen LogP contribution in [0.3, 0.4) is 0 Å². The summed E-state index contributed by atoms with van der Waals surface area (Å²) in [7, 11) is 0. The molecule has 0 bridgehead atoms. The van der Waals surface area contributed by atoms with Crippen molar-refractivity contribution in [1.29, 1.82) is 0 Å². The van der Waals surface area contributed by atoms with Gasteiger partial charge in [0, 0.05) is 27.6 Å². The van der Waals surface area contributed by atoms with E-state index >= 15 is 0 Å². The maximum absolute atomic E-state index is 12.5. The fourth-order valence-corrected chi connectivity index (χ4v) is 4.15. The molecule has 1 aromatic heterocycles. The number of aliphatic hydroxyl groups is 1. The summed E-state index contributed by atoms with van der Waals surface area (Å²) in [5.74, 6) is -0.0856. The Morgan fingerprint density at radius 3 is 2.95 bits per heavy atom. The highest BCUT2D eigenvalue weighted by atomic mass is 79.9. The molecule has 2 heterocycles. The van der Waals surface area contributed by atoms with Crippen LogP contribution < -0.4 is 5.73 Å². The van der Waals surface area contributed by atoms with E-state index in [4.69, 9.17) is 5.73 Å². The van der Waals surface area contributed by atoms with Crippen LogP contribution in [0.5, 0.6) is 0 Å². The zero-order valence-corrected chi connectivity index (χ0v) is 13.4. The number of β-amino-alcohol motifs (C(OH)–C–C–N with tert-alkyl or cyclic N) is 1. The molecule has 1 unspecified atom stereocenters. The second kappa shape index (κ2) is 4.72. The number of hydrogen-bond donors (Lipinski definition) is 2. The van der Waals surface area contributed by atoms with E-state index in [1.165, 1.54) is 11.3 Å². The molecule has 1 atom stereocenters. The molecule has 106 valence electrons. The minimum absolute atomic E-state index is 0.0856. The molecule has 0 spiro atoms. The van der Waals surface area contributed by atoms with Gasteiger partial charge in [0.1, 0.15) is 4.88 Å². The number of halogens is 1. The highest BCUT2D eigenvalue weighted by molar-refractivity contribution is 9.10. The number of thiophene rings is 1. The fourth-order valence-electron chi connectivity index (χ4n) is 2.51. The van der Waals surface area contributed by atoms with E-state index in [0.29, 0.717) is 30.1 Å². The van der Waals surface area contributed by atoms with E-state index in [9.17, 15) is 9.90 Å². The molecule has 3 rings (SSSR count). The van der Waals surface area contributed by atoms with Crippen LogP contribution in [0.15, 0.2) is 22.7 Å². The van der Waals surface area contributed by atoms with E-state index in [0.717, 1.165) is 14.6 Å². The first-order valence-electron chi connectivity index (χ1n) is 6.36. The van der Waals surface area contributed by atoms with E-state index in [1.807, 2.05) is 18.2 Å². The number of hydrogen-bond acceptors (Lipinski definition) is 4. The summed E-state index contributed by atoms with van der Waals surface area (Å²) in [4.78, 5) is 14.8. The topological polar surface area (TPSA) is 66.6 Å². The third-order valence-electron chi connectivity index (χ3n) is 3.62. The number of likely N-dealkylation sites (tertiary alicyclic amines) is 1. The molecule has 1 amide bonds. The lowest BCUT2D eigenvalue weighted by atomic mass is 10.1. The summed E-state index contributed by atoms with van der Waals surface area (Å²) in [6.07, 6.45) is 0.606. The number of carbonyl (C=O) groups is 1. The van der Waals surface area contributed by atoms with Gasteiger partial charge in [0.2, 0.25) is 0 Å². The van der Waals surface area contributed by atoms with Crippen molar-refractivity contribution in [2.24, 2.45) is 0 Å². The van der Waals surface area contributed by atoms with E-state index in [-0.39, 0.29) is 5.91 Å². The van der Waals surface area contributed by atoms with Crippen LogP contribution >= 0.6 is 27.3 Å². The first-order valence-corrected chi connectivity index (χ1v) is 7.97. The van der Waals surface area contributed by atoms with Gasteiger partial charge in [-0.3, -0.25) is 4.79 Å². The molecule has 2 aromatic rings. The van der Waals surface area contributed by atoms with Gasteiger partial charge in [-0.2, -0.15) is 0 Å². The first kappa shape index (κ1) is 13.9. The SMILES string of the molecule is CC1(O)CCN(C(=O)c2sc3cc(Br)ccc3c2N)C1. The van der Waals surface area contributed by atoms with Crippen molar-refractivity contribution in [2.75, 3.05) is 18.8 Å². The Labute approximate surface area is 129 Å². The van der Waals surface area contributed by atoms with E-state index in [2.05, 4.69) is 15.9 Å². The van der Waals surface area contributed by atoms with Gasteiger partial charge in [0.05, 0.1) is 11.3 Å². The predicted molar refractivity (Wildman–Crippen MR) is 85.1 cm³/mol. The summed E-state index contributed by atoms with van der Waals surface area (Å²) >= 11 is 4.83. The average molecular weight is 355 g/mol. The van der Waals surface area contributed by atoms with Gasteiger partial charge in [-0.05, 0) is 25.5 Å². The summed E-state index contributed by atoms with van der Waals surface area (Å²) in [5.41, 5.74) is 5.86. The number of nitrogen functional groups attached to an aromatic ring is 1. The van der Waals surface area contributed by atoms with Gasteiger partial charge in [0.15, 0.2) is 0 Å². The van der Waals surface area contributed by atoms with Crippen LogP contribution in [-0.2, 0) is 0 Å². The number of benzene rings is 1.